The number of nitrogens with zero attached hydrogens (tertiary/aromatic N) is 3. The van der Waals surface area contributed by atoms with Gasteiger partial charge in [-0.2, -0.15) is 23.5 Å². The molecule has 0 aliphatic heterocycles. The SMILES string of the molecule is CN(C)Cc1ccc(CSCCN=CNCCSCc2ccc(CN(C)C)o2)o1. The average molecular weight is 439 g/mol. The Bertz CT molecular complexity index is 713. The molecule has 0 atom stereocenters. The van der Waals surface area contributed by atoms with Gasteiger partial charge < -0.3 is 24.0 Å². The van der Waals surface area contributed by atoms with Crippen LogP contribution in [0.25, 0.3) is 0 Å². The van der Waals surface area contributed by atoms with Crippen LogP contribution in [-0.2, 0) is 24.6 Å². The minimum absolute atomic E-state index is 0.817. The molecule has 0 spiro atoms. The van der Waals surface area contributed by atoms with Crippen molar-refractivity contribution >= 4 is 29.9 Å². The molecule has 0 unspecified atom stereocenters. The summed E-state index contributed by atoms with van der Waals surface area (Å²) in [4.78, 5) is 8.62. The van der Waals surface area contributed by atoms with Gasteiger partial charge in [-0.3, -0.25) is 4.99 Å². The van der Waals surface area contributed by atoms with E-state index < -0.39 is 0 Å². The molecule has 2 aromatic rings. The third-order valence-electron chi connectivity index (χ3n) is 3.81. The fourth-order valence-corrected chi connectivity index (χ4v) is 4.08. The van der Waals surface area contributed by atoms with Gasteiger partial charge in [0, 0.05) is 24.6 Å². The van der Waals surface area contributed by atoms with Gasteiger partial charge in [-0.25, -0.2) is 0 Å². The van der Waals surface area contributed by atoms with Crippen LogP contribution in [0.4, 0.5) is 0 Å². The van der Waals surface area contributed by atoms with E-state index in [0.717, 1.165) is 72.2 Å². The minimum Gasteiger partial charge on any atom is -0.464 e. The molecule has 2 aromatic heterocycles. The summed E-state index contributed by atoms with van der Waals surface area (Å²) in [7, 11) is 8.18. The third kappa shape index (κ3) is 10.8. The van der Waals surface area contributed by atoms with Crippen molar-refractivity contribution in [1.82, 2.24) is 15.1 Å². The van der Waals surface area contributed by atoms with Gasteiger partial charge in [-0.05, 0) is 52.5 Å². The molecular weight excluding hydrogens is 404 g/mol. The highest BCUT2D eigenvalue weighted by Gasteiger charge is 2.04. The van der Waals surface area contributed by atoms with Crippen molar-refractivity contribution in [3.8, 4) is 0 Å². The Morgan fingerprint density at radius 1 is 0.828 bits per heavy atom. The number of hydrogen-bond donors (Lipinski definition) is 1. The lowest BCUT2D eigenvalue weighted by atomic mass is 10.4. The second-order valence-corrected chi connectivity index (χ2v) is 9.52. The maximum atomic E-state index is 5.81. The summed E-state index contributed by atoms with van der Waals surface area (Å²) in [5.74, 6) is 7.95. The van der Waals surface area contributed by atoms with Gasteiger partial charge in [0.15, 0.2) is 0 Å². The smallest absolute Gasteiger partial charge is 0.118 e. The van der Waals surface area contributed by atoms with Crippen molar-refractivity contribution < 1.29 is 8.83 Å². The zero-order valence-electron chi connectivity index (χ0n) is 18.0. The van der Waals surface area contributed by atoms with E-state index in [-0.39, 0.29) is 0 Å². The summed E-state index contributed by atoms with van der Waals surface area (Å²) >= 11 is 3.71. The molecule has 0 aromatic carbocycles. The van der Waals surface area contributed by atoms with Gasteiger partial charge in [0.25, 0.3) is 0 Å². The Balaban J connectivity index is 1.44. The number of hydrogen-bond acceptors (Lipinski definition) is 7. The van der Waals surface area contributed by atoms with Crippen LogP contribution in [0.5, 0.6) is 0 Å². The lowest BCUT2D eigenvalue weighted by Crippen LogP contribution is -2.15. The molecule has 0 radical (unpaired) electrons. The molecule has 29 heavy (non-hydrogen) atoms. The molecule has 6 nitrogen and oxygen atoms in total. The van der Waals surface area contributed by atoms with Crippen molar-refractivity contribution in [2.45, 2.75) is 24.6 Å². The first-order valence-electron chi connectivity index (χ1n) is 9.84. The Kier molecular flexibility index (Phi) is 11.4. The molecule has 0 saturated heterocycles. The number of nitrogens with one attached hydrogen (secondary N) is 1. The molecule has 0 fully saturated rings. The van der Waals surface area contributed by atoms with Crippen LogP contribution in [0.15, 0.2) is 38.1 Å². The maximum Gasteiger partial charge on any atom is 0.118 e. The van der Waals surface area contributed by atoms with Gasteiger partial charge in [-0.15, -0.1) is 0 Å². The largest absolute Gasteiger partial charge is 0.464 e. The highest BCUT2D eigenvalue weighted by atomic mass is 32.2. The van der Waals surface area contributed by atoms with Crippen LogP contribution in [0, 0.1) is 0 Å². The standard InChI is InChI=1S/C21H34N4O2S2/c1-24(2)13-18-5-7-20(26-18)15-28-11-9-22-17-23-10-12-29-16-21-8-6-19(27-21)14-25(3)4/h5-8,17H,9-16H2,1-4H3,(H,22,23). The number of rotatable bonds is 15. The van der Waals surface area contributed by atoms with Crippen LogP contribution in [0.1, 0.15) is 23.0 Å². The van der Waals surface area contributed by atoms with Gasteiger partial charge in [0.2, 0.25) is 0 Å². The Labute approximate surface area is 183 Å². The number of aliphatic imine (C=N–C) groups is 1. The first kappa shape index (κ1) is 23.9. The Hall–Kier alpha value is -1.35. The van der Waals surface area contributed by atoms with Crippen LogP contribution < -0.4 is 5.32 Å². The van der Waals surface area contributed by atoms with E-state index in [4.69, 9.17) is 8.83 Å². The summed E-state index contributed by atoms with van der Waals surface area (Å²) in [6.07, 6.45) is 1.82. The fraction of sp³-hybridized carbons (Fsp3) is 0.571. The van der Waals surface area contributed by atoms with Gasteiger partial charge in [0.05, 0.1) is 30.9 Å². The highest BCUT2D eigenvalue weighted by Crippen LogP contribution is 2.17. The zero-order valence-corrected chi connectivity index (χ0v) is 19.7. The van der Waals surface area contributed by atoms with E-state index in [0.29, 0.717) is 0 Å². The summed E-state index contributed by atoms with van der Waals surface area (Å²) in [6, 6.07) is 8.27. The molecule has 0 saturated carbocycles. The van der Waals surface area contributed by atoms with Crippen LogP contribution in [0.3, 0.4) is 0 Å². The number of thioether (sulfide) groups is 2. The summed E-state index contributed by atoms with van der Waals surface area (Å²) < 4.78 is 11.6. The van der Waals surface area contributed by atoms with Crippen LogP contribution >= 0.6 is 23.5 Å². The normalized spacial score (nSPS) is 11.9. The van der Waals surface area contributed by atoms with Crippen molar-refractivity contribution in [1.29, 1.82) is 0 Å². The molecule has 0 amide bonds. The van der Waals surface area contributed by atoms with E-state index in [2.05, 4.69) is 44.4 Å². The second-order valence-electron chi connectivity index (χ2n) is 7.31. The summed E-state index contributed by atoms with van der Waals surface area (Å²) in [5, 5.41) is 3.25. The lowest BCUT2D eigenvalue weighted by molar-refractivity contribution is 0.344. The summed E-state index contributed by atoms with van der Waals surface area (Å²) in [6.45, 7) is 3.42. The number of furan rings is 2. The fourth-order valence-electron chi connectivity index (χ4n) is 2.58. The van der Waals surface area contributed by atoms with Crippen molar-refractivity contribution in [3.63, 3.8) is 0 Å². The van der Waals surface area contributed by atoms with Gasteiger partial charge in [0.1, 0.15) is 23.0 Å². The molecule has 0 bridgehead atoms. The predicted octanol–water partition coefficient (Wildman–Crippen LogP) is 3.78. The molecule has 8 heteroatoms. The van der Waals surface area contributed by atoms with E-state index in [1.54, 1.807) is 0 Å². The second kappa shape index (κ2) is 13.8. The van der Waals surface area contributed by atoms with Crippen molar-refractivity contribution in [2.24, 2.45) is 4.99 Å². The van der Waals surface area contributed by atoms with E-state index in [1.807, 2.05) is 58.1 Å². The minimum atomic E-state index is 0.817. The van der Waals surface area contributed by atoms with Gasteiger partial charge >= 0.3 is 0 Å². The monoisotopic (exact) mass is 438 g/mol. The molecule has 2 heterocycles. The van der Waals surface area contributed by atoms with Crippen LogP contribution in [-0.4, -0.2) is 68.9 Å². The average Bonchev–Trinajstić information content (AvgIpc) is 3.28. The van der Waals surface area contributed by atoms with E-state index >= 15 is 0 Å². The van der Waals surface area contributed by atoms with Crippen LogP contribution in [0.2, 0.25) is 0 Å². The Morgan fingerprint density at radius 3 is 1.90 bits per heavy atom. The molecule has 0 aliphatic carbocycles. The van der Waals surface area contributed by atoms with E-state index in [1.165, 1.54) is 0 Å². The highest BCUT2D eigenvalue weighted by molar-refractivity contribution is 7.98. The first-order chi connectivity index (χ1) is 14.0. The lowest BCUT2D eigenvalue weighted by Gasteiger charge is -2.05. The zero-order chi connectivity index (χ0) is 20.9. The van der Waals surface area contributed by atoms with E-state index in [9.17, 15) is 0 Å². The maximum absolute atomic E-state index is 5.81. The molecule has 1 N–H and O–H groups in total. The quantitative estimate of drug-likeness (QED) is 0.258. The summed E-state index contributed by atoms with van der Waals surface area (Å²) in [5.41, 5.74) is 0. The predicted molar refractivity (Wildman–Crippen MR) is 126 cm³/mol. The van der Waals surface area contributed by atoms with Crippen molar-refractivity contribution in [2.75, 3.05) is 52.8 Å². The third-order valence-corrected chi connectivity index (χ3v) is 5.75. The molecule has 162 valence electrons. The first-order valence-corrected chi connectivity index (χ1v) is 12.2. The molecular formula is C21H34N4O2S2. The molecule has 0 aliphatic rings. The Morgan fingerprint density at radius 2 is 1.34 bits per heavy atom. The van der Waals surface area contributed by atoms with Gasteiger partial charge in [-0.1, -0.05) is 0 Å². The topological polar surface area (TPSA) is 57.1 Å². The van der Waals surface area contributed by atoms with Crippen molar-refractivity contribution in [3.05, 3.63) is 47.3 Å². The molecule has 2 rings (SSSR count).